The minimum atomic E-state index is -1.26. The Morgan fingerprint density at radius 3 is 2.03 bits per heavy atom. The van der Waals surface area contributed by atoms with Crippen LogP contribution in [0.1, 0.15) is 24.8 Å². The van der Waals surface area contributed by atoms with Gasteiger partial charge in [0.15, 0.2) is 11.6 Å². The molecule has 1 aromatic carbocycles. The molecule has 0 bridgehead atoms. The third-order valence-electron chi connectivity index (χ3n) is 4.77. The minimum absolute atomic E-state index is 0.0335. The standard InChI is InChI=1S/C16H22F3N3O.C4H4O4/c17-12-9-14(19)13(18)7-11(12)8-15(21)10-2-5-22(6-3-10)16(23)1-4-20;5-3(6)1-2-4(7)8/h7,9-10,15H,1-6,8,20-21H2;1-2H,(H,5,6)(H,7,8)/t15-;/m1./s1. The summed E-state index contributed by atoms with van der Waals surface area (Å²) in [6.45, 7) is 1.52. The summed E-state index contributed by atoms with van der Waals surface area (Å²) < 4.78 is 39.9. The van der Waals surface area contributed by atoms with Crippen LogP contribution >= 0.6 is 0 Å². The van der Waals surface area contributed by atoms with Crippen LogP contribution in [0.3, 0.4) is 0 Å². The van der Waals surface area contributed by atoms with Gasteiger partial charge in [0, 0.05) is 50.3 Å². The third kappa shape index (κ3) is 9.18. The average Bonchev–Trinajstić information content (AvgIpc) is 2.71. The van der Waals surface area contributed by atoms with Gasteiger partial charge in [-0.05, 0) is 36.8 Å². The van der Waals surface area contributed by atoms with Crippen molar-refractivity contribution in [2.24, 2.45) is 17.4 Å². The van der Waals surface area contributed by atoms with E-state index in [-0.39, 0.29) is 29.9 Å². The number of likely N-dealkylation sites (tertiary alicyclic amines) is 1. The molecule has 1 atom stereocenters. The Morgan fingerprint density at radius 1 is 1.03 bits per heavy atom. The Balaban J connectivity index is 0.000000512. The third-order valence-corrected chi connectivity index (χ3v) is 4.77. The number of amides is 1. The van der Waals surface area contributed by atoms with E-state index in [1.807, 2.05) is 0 Å². The van der Waals surface area contributed by atoms with Gasteiger partial charge in [-0.3, -0.25) is 4.79 Å². The van der Waals surface area contributed by atoms with Gasteiger partial charge in [-0.1, -0.05) is 0 Å². The number of benzene rings is 1. The highest BCUT2D eigenvalue weighted by atomic mass is 19.2. The van der Waals surface area contributed by atoms with Crippen LogP contribution in [-0.2, 0) is 20.8 Å². The molecule has 0 unspecified atom stereocenters. The topological polar surface area (TPSA) is 147 Å². The first-order valence-corrected chi connectivity index (χ1v) is 9.55. The summed E-state index contributed by atoms with van der Waals surface area (Å²) in [4.78, 5) is 32.6. The lowest BCUT2D eigenvalue weighted by atomic mass is 9.86. The molecule has 1 fully saturated rings. The number of piperidine rings is 1. The fourth-order valence-electron chi connectivity index (χ4n) is 3.14. The number of nitrogens with zero attached hydrogens (tertiary/aromatic N) is 1. The van der Waals surface area contributed by atoms with Gasteiger partial charge in [-0.2, -0.15) is 0 Å². The monoisotopic (exact) mass is 445 g/mol. The van der Waals surface area contributed by atoms with Crippen molar-refractivity contribution in [3.63, 3.8) is 0 Å². The molecule has 6 N–H and O–H groups in total. The van der Waals surface area contributed by atoms with Crippen LogP contribution < -0.4 is 11.5 Å². The Labute approximate surface area is 177 Å². The maximum Gasteiger partial charge on any atom is 0.328 e. The number of carbonyl (C=O) groups is 3. The van der Waals surface area contributed by atoms with Crippen LogP contribution in [0.5, 0.6) is 0 Å². The first kappa shape index (κ1) is 26.1. The molecule has 1 amide bonds. The van der Waals surface area contributed by atoms with Crippen LogP contribution in [-0.4, -0.2) is 58.6 Å². The second-order valence-electron chi connectivity index (χ2n) is 6.99. The second-order valence-corrected chi connectivity index (χ2v) is 6.99. The normalized spacial score (nSPS) is 15.3. The van der Waals surface area contributed by atoms with Gasteiger partial charge in [-0.25, -0.2) is 22.8 Å². The predicted octanol–water partition coefficient (Wildman–Crippen LogP) is 1.27. The van der Waals surface area contributed by atoms with Crippen LogP contribution in [0.25, 0.3) is 0 Å². The summed E-state index contributed by atoms with van der Waals surface area (Å²) in [5, 5.41) is 15.6. The summed E-state index contributed by atoms with van der Waals surface area (Å²) in [5.41, 5.74) is 11.6. The molecule has 0 spiro atoms. The van der Waals surface area contributed by atoms with Crippen molar-refractivity contribution in [2.45, 2.75) is 31.7 Å². The Kier molecular flexibility index (Phi) is 10.7. The van der Waals surface area contributed by atoms with E-state index in [1.54, 1.807) is 4.90 Å². The molecule has 1 aliphatic heterocycles. The van der Waals surface area contributed by atoms with E-state index in [1.165, 1.54) is 0 Å². The minimum Gasteiger partial charge on any atom is -0.478 e. The lowest BCUT2D eigenvalue weighted by Crippen LogP contribution is -2.44. The van der Waals surface area contributed by atoms with Gasteiger partial charge in [-0.15, -0.1) is 0 Å². The Hall–Kier alpha value is -2.92. The van der Waals surface area contributed by atoms with Crippen LogP contribution in [0.4, 0.5) is 13.2 Å². The zero-order valence-corrected chi connectivity index (χ0v) is 16.8. The fraction of sp³-hybridized carbons (Fsp3) is 0.450. The maximum atomic E-state index is 13.7. The Bertz CT molecular complexity index is 795. The van der Waals surface area contributed by atoms with E-state index in [0.717, 1.165) is 6.07 Å². The number of carbonyl (C=O) groups excluding carboxylic acids is 1. The van der Waals surface area contributed by atoms with E-state index in [9.17, 15) is 27.6 Å². The molecule has 1 saturated heterocycles. The first-order valence-electron chi connectivity index (χ1n) is 9.55. The summed E-state index contributed by atoms with van der Waals surface area (Å²) >= 11 is 0. The number of carboxylic acids is 2. The van der Waals surface area contributed by atoms with E-state index in [2.05, 4.69) is 0 Å². The predicted molar refractivity (Wildman–Crippen MR) is 105 cm³/mol. The van der Waals surface area contributed by atoms with Gasteiger partial charge >= 0.3 is 11.9 Å². The molecule has 1 heterocycles. The molecule has 2 rings (SSSR count). The van der Waals surface area contributed by atoms with E-state index in [4.69, 9.17) is 21.7 Å². The SMILES string of the molecule is NCCC(=O)N1CCC([C@H](N)Cc2cc(F)c(F)cc2F)CC1.O=C(O)C=CC(=O)O. The summed E-state index contributed by atoms with van der Waals surface area (Å²) in [7, 11) is 0. The molecule has 0 radical (unpaired) electrons. The fourth-order valence-corrected chi connectivity index (χ4v) is 3.14. The van der Waals surface area contributed by atoms with Crippen molar-refractivity contribution < 1.29 is 37.8 Å². The zero-order chi connectivity index (χ0) is 23.6. The highest BCUT2D eigenvalue weighted by Gasteiger charge is 2.27. The van der Waals surface area contributed by atoms with Crippen molar-refractivity contribution in [3.05, 3.63) is 47.3 Å². The van der Waals surface area contributed by atoms with Gasteiger partial charge in [0.2, 0.25) is 5.91 Å². The number of nitrogens with two attached hydrogens (primary N) is 2. The van der Waals surface area contributed by atoms with Gasteiger partial charge in [0.25, 0.3) is 0 Å². The Morgan fingerprint density at radius 2 is 1.55 bits per heavy atom. The molecule has 0 saturated carbocycles. The lowest BCUT2D eigenvalue weighted by Gasteiger charge is -2.35. The van der Waals surface area contributed by atoms with E-state index >= 15 is 0 Å². The first-order chi connectivity index (χ1) is 14.5. The lowest BCUT2D eigenvalue weighted by molar-refractivity contribution is -0.134. The molecule has 11 heteroatoms. The maximum absolute atomic E-state index is 13.7. The van der Waals surface area contributed by atoms with Crippen molar-refractivity contribution >= 4 is 17.8 Å². The molecule has 172 valence electrons. The summed E-state index contributed by atoms with van der Waals surface area (Å²) in [5.74, 6) is -5.42. The van der Waals surface area contributed by atoms with Gasteiger partial charge in [0.1, 0.15) is 5.82 Å². The van der Waals surface area contributed by atoms with Gasteiger partial charge < -0.3 is 26.6 Å². The molecule has 8 nitrogen and oxygen atoms in total. The number of halogens is 3. The molecule has 1 aliphatic rings. The van der Waals surface area contributed by atoms with Crippen molar-refractivity contribution in [1.29, 1.82) is 0 Å². The molecule has 31 heavy (non-hydrogen) atoms. The second kappa shape index (κ2) is 12.7. The van der Waals surface area contributed by atoms with E-state index < -0.39 is 29.4 Å². The summed E-state index contributed by atoms with van der Waals surface area (Å²) in [6, 6.07) is 1.05. The molecular formula is C20H26F3N3O5. The number of hydrogen-bond acceptors (Lipinski definition) is 5. The zero-order valence-electron chi connectivity index (χ0n) is 16.8. The van der Waals surface area contributed by atoms with Crippen molar-refractivity contribution in [1.82, 2.24) is 4.90 Å². The molecule has 0 aromatic heterocycles. The van der Waals surface area contributed by atoms with Crippen molar-refractivity contribution in [2.75, 3.05) is 19.6 Å². The van der Waals surface area contributed by atoms with Crippen LogP contribution in [0.2, 0.25) is 0 Å². The molecule has 1 aromatic rings. The highest BCUT2D eigenvalue weighted by molar-refractivity contribution is 5.89. The van der Waals surface area contributed by atoms with E-state index in [0.29, 0.717) is 57.1 Å². The van der Waals surface area contributed by atoms with Crippen molar-refractivity contribution in [3.8, 4) is 0 Å². The average molecular weight is 445 g/mol. The highest BCUT2D eigenvalue weighted by Crippen LogP contribution is 2.24. The molecular weight excluding hydrogens is 419 g/mol. The smallest absolute Gasteiger partial charge is 0.328 e. The number of hydrogen-bond donors (Lipinski definition) is 4. The largest absolute Gasteiger partial charge is 0.478 e. The van der Waals surface area contributed by atoms with Crippen LogP contribution in [0, 0.1) is 23.4 Å². The number of aliphatic carboxylic acids is 2. The summed E-state index contributed by atoms with van der Waals surface area (Å²) in [6.07, 6.45) is 3.01. The van der Waals surface area contributed by atoms with Gasteiger partial charge in [0.05, 0.1) is 0 Å². The number of carboxylic acid groups (broad SMARTS) is 2. The molecule has 0 aliphatic carbocycles. The quantitative estimate of drug-likeness (QED) is 0.365. The number of rotatable bonds is 7. The van der Waals surface area contributed by atoms with Crippen LogP contribution in [0.15, 0.2) is 24.3 Å².